The summed E-state index contributed by atoms with van der Waals surface area (Å²) in [5, 5.41) is 4.21. The van der Waals surface area contributed by atoms with Gasteiger partial charge in [-0.25, -0.2) is 0 Å². The summed E-state index contributed by atoms with van der Waals surface area (Å²) >= 11 is 0. The maximum Gasteiger partial charge on any atom is 0.0608 e. The highest BCUT2D eigenvalue weighted by Crippen LogP contribution is 2.13. The van der Waals surface area contributed by atoms with E-state index in [9.17, 15) is 0 Å². The molecule has 0 amide bonds. The molecule has 138 valence electrons. The minimum absolute atomic E-state index is 0.929. The minimum Gasteiger partial charge on any atom is -0.285 e. The normalized spacial score (nSPS) is 10.0. The van der Waals surface area contributed by atoms with Gasteiger partial charge in [0.25, 0.3) is 0 Å². The van der Waals surface area contributed by atoms with Gasteiger partial charge >= 0.3 is 0 Å². The molecule has 0 aromatic carbocycles. The fraction of sp³-hybridized carbons (Fsp3) is 0.143. The molecule has 4 aromatic rings. The molecule has 4 aromatic heterocycles. The van der Waals surface area contributed by atoms with Crippen LogP contribution in [0.4, 0.5) is 11.4 Å². The summed E-state index contributed by atoms with van der Waals surface area (Å²) in [5.74, 6) is 0. The van der Waals surface area contributed by atoms with E-state index < -0.39 is 0 Å². The van der Waals surface area contributed by atoms with Crippen LogP contribution in [-0.4, -0.2) is 32.9 Å². The highest BCUT2D eigenvalue weighted by atomic mass is 15.5. The van der Waals surface area contributed by atoms with Crippen molar-refractivity contribution in [2.45, 2.75) is 6.92 Å². The van der Waals surface area contributed by atoms with Crippen molar-refractivity contribution in [3.63, 3.8) is 0 Å². The first-order valence-corrected chi connectivity index (χ1v) is 8.87. The number of hydrogen-bond acceptors (Lipinski definition) is 4. The topological polar surface area (TPSA) is 42.1 Å². The van der Waals surface area contributed by atoms with E-state index in [1.807, 2.05) is 102 Å². The Balaban J connectivity index is 0.000000156. The predicted molar refractivity (Wildman–Crippen MR) is 110 cm³/mol. The van der Waals surface area contributed by atoms with E-state index in [0.717, 1.165) is 17.9 Å². The van der Waals surface area contributed by atoms with Gasteiger partial charge in [0.15, 0.2) is 0 Å². The first-order chi connectivity index (χ1) is 13.3. The zero-order chi connectivity index (χ0) is 18.9. The molecule has 0 aliphatic heterocycles. The molecule has 0 unspecified atom stereocenters. The van der Waals surface area contributed by atoms with Crippen LogP contribution in [0, 0.1) is 0 Å². The third-order valence-corrected chi connectivity index (χ3v) is 4.10. The van der Waals surface area contributed by atoms with E-state index in [2.05, 4.69) is 26.6 Å². The van der Waals surface area contributed by atoms with E-state index in [0.29, 0.717) is 0 Å². The number of rotatable bonds is 5. The van der Waals surface area contributed by atoms with Crippen LogP contribution in [0.1, 0.15) is 6.92 Å². The standard InChI is InChI=1S/C11H13N3.C10H11N3/c1-2-14(13-9-3-4-10-13)11-5-7-12-8-6-11;1-12(13-8-2-3-9-13)10-4-6-11-7-5-10/h3-10H,2H2,1H3;2-9H,1H3. The van der Waals surface area contributed by atoms with E-state index >= 15 is 0 Å². The summed E-state index contributed by atoms with van der Waals surface area (Å²) in [6.07, 6.45) is 15.3. The smallest absolute Gasteiger partial charge is 0.0608 e. The first kappa shape index (κ1) is 18.3. The van der Waals surface area contributed by atoms with Gasteiger partial charge in [0.1, 0.15) is 0 Å². The van der Waals surface area contributed by atoms with Gasteiger partial charge in [0, 0.05) is 63.2 Å². The molecule has 4 heterocycles. The fourth-order valence-corrected chi connectivity index (χ4v) is 2.70. The second-order valence-electron chi connectivity index (χ2n) is 5.78. The SMILES string of the molecule is CCN(c1ccncc1)n1cccc1.CN(c1ccncc1)n1cccc1. The van der Waals surface area contributed by atoms with Crippen LogP contribution < -0.4 is 10.0 Å². The summed E-state index contributed by atoms with van der Waals surface area (Å²) in [4.78, 5) is 7.98. The monoisotopic (exact) mass is 360 g/mol. The third-order valence-electron chi connectivity index (χ3n) is 4.10. The number of aromatic nitrogens is 4. The Bertz CT molecular complexity index is 873. The maximum absolute atomic E-state index is 4.01. The molecule has 0 spiro atoms. The summed E-state index contributed by atoms with van der Waals surface area (Å²) in [6, 6.07) is 16.0. The first-order valence-electron chi connectivity index (χ1n) is 8.87. The van der Waals surface area contributed by atoms with Crippen LogP contribution in [0.3, 0.4) is 0 Å². The van der Waals surface area contributed by atoms with Gasteiger partial charge in [-0.1, -0.05) is 0 Å². The van der Waals surface area contributed by atoms with Crippen molar-refractivity contribution in [3.8, 4) is 0 Å². The molecule has 0 aliphatic rings. The van der Waals surface area contributed by atoms with Crippen molar-refractivity contribution in [1.82, 2.24) is 19.3 Å². The third kappa shape index (κ3) is 4.76. The number of anilines is 2. The Kier molecular flexibility index (Phi) is 6.25. The highest BCUT2D eigenvalue weighted by Gasteiger charge is 2.03. The van der Waals surface area contributed by atoms with Crippen molar-refractivity contribution in [2.75, 3.05) is 23.6 Å². The largest absolute Gasteiger partial charge is 0.285 e. The Morgan fingerprint density at radius 2 is 1.15 bits per heavy atom. The fourth-order valence-electron chi connectivity index (χ4n) is 2.70. The molecular weight excluding hydrogens is 336 g/mol. The van der Waals surface area contributed by atoms with Crippen LogP contribution in [0.25, 0.3) is 0 Å². The van der Waals surface area contributed by atoms with E-state index in [4.69, 9.17) is 0 Å². The van der Waals surface area contributed by atoms with Crippen molar-refractivity contribution < 1.29 is 0 Å². The van der Waals surface area contributed by atoms with E-state index in [-0.39, 0.29) is 0 Å². The Morgan fingerprint density at radius 3 is 1.63 bits per heavy atom. The number of nitrogens with zero attached hydrogens (tertiary/aromatic N) is 6. The molecule has 0 aliphatic carbocycles. The zero-order valence-electron chi connectivity index (χ0n) is 15.6. The average Bonchev–Trinajstić information content (AvgIpc) is 3.45. The van der Waals surface area contributed by atoms with Crippen LogP contribution in [0.5, 0.6) is 0 Å². The maximum atomic E-state index is 4.01. The van der Waals surface area contributed by atoms with Gasteiger partial charge in [-0.05, 0) is 55.5 Å². The van der Waals surface area contributed by atoms with Gasteiger partial charge in [-0.15, -0.1) is 0 Å². The molecule has 27 heavy (non-hydrogen) atoms. The quantitative estimate of drug-likeness (QED) is 0.540. The molecule has 6 heteroatoms. The summed E-state index contributed by atoms with van der Waals surface area (Å²) in [6.45, 7) is 3.05. The zero-order valence-corrected chi connectivity index (χ0v) is 15.6. The minimum atomic E-state index is 0.929. The van der Waals surface area contributed by atoms with Crippen LogP contribution in [-0.2, 0) is 0 Å². The lowest BCUT2D eigenvalue weighted by atomic mass is 10.4. The van der Waals surface area contributed by atoms with Crippen molar-refractivity contribution in [3.05, 3.63) is 98.1 Å². The Labute approximate surface area is 159 Å². The van der Waals surface area contributed by atoms with Gasteiger partial charge < -0.3 is 0 Å². The predicted octanol–water partition coefficient (Wildman–Crippen LogP) is 3.96. The van der Waals surface area contributed by atoms with Gasteiger partial charge in [-0.3, -0.25) is 29.3 Å². The Hall–Kier alpha value is -3.54. The molecule has 0 fully saturated rings. The summed E-state index contributed by atoms with van der Waals surface area (Å²) < 4.78 is 4.07. The molecule has 0 radical (unpaired) electrons. The van der Waals surface area contributed by atoms with Gasteiger partial charge in [0.2, 0.25) is 0 Å². The van der Waals surface area contributed by atoms with Crippen LogP contribution >= 0.6 is 0 Å². The van der Waals surface area contributed by atoms with Crippen LogP contribution in [0.2, 0.25) is 0 Å². The molecule has 4 rings (SSSR count). The molecular formula is C21H24N6. The van der Waals surface area contributed by atoms with Gasteiger partial charge in [-0.2, -0.15) is 0 Å². The summed E-state index contributed by atoms with van der Waals surface area (Å²) in [5.41, 5.74) is 2.27. The number of hydrogen-bond donors (Lipinski definition) is 0. The molecule has 6 nitrogen and oxygen atoms in total. The molecule has 0 N–H and O–H groups in total. The second-order valence-corrected chi connectivity index (χ2v) is 5.78. The van der Waals surface area contributed by atoms with Crippen molar-refractivity contribution in [2.24, 2.45) is 0 Å². The van der Waals surface area contributed by atoms with Crippen LogP contribution in [0.15, 0.2) is 98.1 Å². The average molecular weight is 360 g/mol. The molecule has 0 saturated carbocycles. The number of pyridine rings is 2. The van der Waals surface area contributed by atoms with Gasteiger partial charge in [0.05, 0.1) is 11.4 Å². The van der Waals surface area contributed by atoms with Crippen molar-refractivity contribution >= 4 is 11.4 Å². The van der Waals surface area contributed by atoms with Crippen molar-refractivity contribution in [1.29, 1.82) is 0 Å². The molecule has 0 saturated heterocycles. The second kappa shape index (κ2) is 9.24. The summed E-state index contributed by atoms with van der Waals surface area (Å²) in [7, 11) is 2.01. The Morgan fingerprint density at radius 1 is 0.704 bits per heavy atom. The molecule has 0 atom stereocenters. The highest BCUT2D eigenvalue weighted by molar-refractivity contribution is 5.44. The lowest BCUT2D eigenvalue weighted by molar-refractivity contribution is 0.717. The van der Waals surface area contributed by atoms with E-state index in [1.54, 1.807) is 12.4 Å². The lowest BCUT2D eigenvalue weighted by Crippen LogP contribution is -2.27. The lowest BCUT2D eigenvalue weighted by Gasteiger charge is -2.23. The van der Waals surface area contributed by atoms with E-state index in [1.165, 1.54) is 0 Å². The molecule has 0 bridgehead atoms.